The third kappa shape index (κ3) is 4.50. The summed E-state index contributed by atoms with van der Waals surface area (Å²) < 4.78 is 0. The van der Waals surface area contributed by atoms with Gasteiger partial charge in [-0.05, 0) is 65.4 Å². The summed E-state index contributed by atoms with van der Waals surface area (Å²) in [6.07, 6.45) is 12.2. The number of benzene rings is 1. The van der Waals surface area contributed by atoms with Crippen LogP contribution in [0.15, 0.2) is 54.3 Å². The van der Waals surface area contributed by atoms with Gasteiger partial charge >= 0.3 is 0 Å². The molecular formula is C25H35N. The van der Waals surface area contributed by atoms with Crippen LogP contribution >= 0.6 is 0 Å². The lowest BCUT2D eigenvalue weighted by atomic mass is 9.84. The first kappa shape index (κ1) is 19.0. The lowest BCUT2D eigenvalue weighted by Gasteiger charge is -2.31. The van der Waals surface area contributed by atoms with Gasteiger partial charge in [0.05, 0.1) is 0 Å². The Bertz CT molecular complexity index is 697. The van der Waals surface area contributed by atoms with Crippen molar-refractivity contribution in [2.75, 3.05) is 0 Å². The fourth-order valence-corrected chi connectivity index (χ4v) is 4.16. The molecule has 1 fully saturated rings. The highest BCUT2D eigenvalue weighted by Crippen LogP contribution is 2.31. The third-order valence-corrected chi connectivity index (χ3v) is 6.05. The lowest BCUT2D eigenvalue weighted by molar-refractivity contribution is 0.298. The maximum absolute atomic E-state index is 4.36. The molecule has 0 heterocycles. The van der Waals surface area contributed by atoms with E-state index >= 15 is 0 Å². The van der Waals surface area contributed by atoms with E-state index in [0.717, 1.165) is 24.5 Å². The van der Waals surface area contributed by atoms with Crippen LogP contribution in [0.25, 0.3) is 5.57 Å². The second kappa shape index (κ2) is 7.86. The Morgan fingerprint density at radius 2 is 1.77 bits per heavy atom. The first-order valence-corrected chi connectivity index (χ1v) is 10.3. The van der Waals surface area contributed by atoms with E-state index in [-0.39, 0.29) is 5.41 Å². The molecule has 0 amide bonds. The average molecular weight is 350 g/mol. The Hall–Kier alpha value is -1.76. The van der Waals surface area contributed by atoms with Crippen molar-refractivity contribution >= 4 is 5.57 Å². The van der Waals surface area contributed by atoms with Gasteiger partial charge < -0.3 is 5.32 Å². The minimum absolute atomic E-state index is 0.208. The molecule has 1 nitrogen and oxygen atoms in total. The van der Waals surface area contributed by atoms with Crippen LogP contribution in [0.4, 0.5) is 0 Å². The maximum atomic E-state index is 4.36. The standard InChI is InChI=1S/C25H35N/c1-18-9-6-7-12-24(18)26-19(2)21-10-8-11-22(17-21)20-13-15-23(16-14-20)25(3,4)5/h10,13-18,24,26H,2,6-9,11-12H2,1,3-5H3. The molecule has 0 bridgehead atoms. The summed E-state index contributed by atoms with van der Waals surface area (Å²) in [7, 11) is 0. The minimum Gasteiger partial charge on any atom is -0.382 e. The smallest absolute Gasteiger partial charge is 0.0339 e. The zero-order valence-electron chi connectivity index (χ0n) is 17.1. The summed E-state index contributed by atoms with van der Waals surface area (Å²) in [5.41, 5.74) is 6.77. The molecule has 0 aromatic heterocycles. The van der Waals surface area contributed by atoms with E-state index in [1.54, 1.807) is 0 Å². The van der Waals surface area contributed by atoms with Crippen LogP contribution in [0, 0.1) is 5.92 Å². The summed E-state index contributed by atoms with van der Waals surface area (Å²) in [6.45, 7) is 13.5. The quantitative estimate of drug-likeness (QED) is 0.632. The summed E-state index contributed by atoms with van der Waals surface area (Å²) in [5, 5.41) is 3.73. The highest BCUT2D eigenvalue weighted by molar-refractivity contribution is 5.71. The van der Waals surface area contributed by atoms with Crippen molar-refractivity contribution in [2.24, 2.45) is 5.92 Å². The number of rotatable bonds is 4. The van der Waals surface area contributed by atoms with Crippen molar-refractivity contribution in [3.05, 3.63) is 65.4 Å². The fourth-order valence-electron chi connectivity index (χ4n) is 4.16. The van der Waals surface area contributed by atoms with Crippen molar-refractivity contribution in [1.82, 2.24) is 5.32 Å². The number of hydrogen-bond acceptors (Lipinski definition) is 1. The van der Waals surface area contributed by atoms with Crippen LogP contribution in [0.2, 0.25) is 0 Å². The first-order valence-electron chi connectivity index (χ1n) is 10.3. The van der Waals surface area contributed by atoms with Gasteiger partial charge in [0.1, 0.15) is 0 Å². The van der Waals surface area contributed by atoms with Gasteiger partial charge in [0.2, 0.25) is 0 Å². The van der Waals surface area contributed by atoms with Crippen LogP contribution in [0.1, 0.15) is 77.3 Å². The molecule has 26 heavy (non-hydrogen) atoms. The molecule has 2 aliphatic rings. The first-order chi connectivity index (χ1) is 12.3. The van der Waals surface area contributed by atoms with Crippen molar-refractivity contribution in [1.29, 1.82) is 0 Å². The highest BCUT2D eigenvalue weighted by atomic mass is 14.9. The zero-order chi connectivity index (χ0) is 18.7. The van der Waals surface area contributed by atoms with Crippen LogP contribution < -0.4 is 5.32 Å². The molecule has 0 saturated heterocycles. The number of allylic oxidation sites excluding steroid dienone is 3. The predicted molar refractivity (Wildman–Crippen MR) is 114 cm³/mol. The Kier molecular flexibility index (Phi) is 5.75. The maximum Gasteiger partial charge on any atom is 0.0339 e. The molecule has 1 saturated carbocycles. The molecule has 0 aliphatic heterocycles. The van der Waals surface area contributed by atoms with E-state index in [0.29, 0.717) is 6.04 Å². The summed E-state index contributed by atoms with van der Waals surface area (Å²) in [4.78, 5) is 0. The zero-order valence-corrected chi connectivity index (χ0v) is 17.1. The Labute approximate surface area is 160 Å². The Morgan fingerprint density at radius 1 is 1.08 bits per heavy atom. The SMILES string of the molecule is C=C(NC1CCCCC1C)C1=CCCC(c2ccc(C(C)(C)C)cc2)=C1. The fraction of sp³-hybridized carbons (Fsp3) is 0.520. The molecule has 2 aliphatic carbocycles. The van der Waals surface area contributed by atoms with E-state index in [9.17, 15) is 0 Å². The molecule has 1 heteroatoms. The van der Waals surface area contributed by atoms with E-state index in [1.807, 2.05) is 0 Å². The second-order valence-electron chi connectivity index (χ2n) is 9.19. The molecule has 140 valence electrons. The van der Waals surface area contributed by atoms with Crippen molar-refractivity contribution in [3.8, 4) is 0 Å². The normalized spacial score (nSPS) is 23.8. The second-order valence-corrected chi connectivity index (χ2v) is 9.19. The van der Waals surface area contributed by atoms with Crippen LogP contribution in [-0.4, -0.2) is 6.04 Å². The third-order valence-electron chi connectivity index (χ3n) is 6.05. The van der Waals surface area contributed by atoms with Gasteiger partial charge in [-0.2, -0.15) is 0 Å². The van der Waals surface area contributed by atoms with Gasteiger partial charge in [0.25, 0.3) is 0 Å². The van der Waals surface area contributed by atoms with E-state index < -0.39 is 0 Å². The van der Waals surface area contributed by atoms with Crippen LogP contribution in [0.5, 0.6) is 0 Å². The molecule has 1 aromatic carbocycles. The largest absolute Gasteiger partial charge is 0.382 e. The molecule has 0 radical (unpaired) electrons. The van der Waals surface area contributed by atoms with Gasteiger partial charge in [0, 0.05) is 11.7 Å². The number of nitrogens with one attached hydrogen (secondary N) is 1. The van der Waals surface area contributed by atoms with Crippen molar-refractivity contribution < 1.29 is 0 Å². The van der Waals surface area contributed by atoms with E-state index in [1.165, 1.54) is 48.0 Å². The summed E-state index contributed by atoms with van der Waals surface area (Å²) in [5.74, 6) is 0.748. The molecule has 2 unspecified atom stereocenters. The molecular weight excluding hydrogens is 314 g/mol. The predicted octanol–water partition coefficient (Wildman–Crippen LogP) is 6.77. The molecule has 1 N–H and O–H groups in total. The monoisotopic (exact) mass is 349 g/mol. The van der Waals surface area contributed by atoms with Crippen LogP contribution in [-0.2, 0) is 5.41 Å². The van der Waals surface area contributed by atoms with E-state index in [4.69, 9.17) is 0 Å². The van der Waals surface area contributed by atoms with Gasteiger partial charge in [-0.3, -0.25) is 0 Å². The summed E-state index contributed by atoms with van der Waals surface area (Å²) >= 11 is 0. The van der Waals surface area contributed by atoms with Gasteiger partial charge in [-0.15, -0.1) is 0 Å². The Morgan fingerprint density at radius 3 is 2.42 bits per heavy atom. The molecule has 2 atom stereocenters. The molecule has 3 rings (SSSR count). The minimum atomic E-state index is 0.208. The van der Waals surface area contributed by atoms with Crippen molar-refractivity contribution in [3.63, 3.8) is 0 Å². The Balaban J connectivity index is 1.71. The van der Waals surface area contributed by atoms with Crippen LogP contribution in [0.3, 0.4) is 0 Å². The topological polar surface area (TPSA) is 12.0 Å². The van der Waals surface area contributed by atoms with Gasteiger partial charge in [0.15, 0.2) is 0 Å². The average Bonchev–Trinajstić information content (AvgIpc) is 2.63. The lowest BCUT2D eigenvalue weighted by Crippen LogP contribution is -2.36. The van der Waals surface area contributed by atoms with Crippen molar-refractivity contribution in [2.45, 2.75) is 77.7 Å². The number of hydrogen-bond donors (Lipinski definition) is 1. The highest BCUT2D eigenvalue weighted by Gasteiger charge is 2.22. The molecule has 0 spiro atoms. The van der Waals surface area contributed by atoms with E-state index in [2.05, 4.69) is 76.0 Å². The van der Waals surface area contributed by atoms with Gasteiger partial charge in [-0.1, -0.05) is 77.5 Å². The summed E-state index contributed by atoms with van der Waals surface area (Å²) in [6, 6.07) is 9.72. The molecule has 1 aromatic rings. The van der Waals surface area contributed by atoms with Gasteiger partial charge in [-0.25, -0.2) is 0 Å².